The van der Waals surface area contributed by atoms with Gasteiger partial charge in [0.05, 0.1) is 5.69 Å². The second kappa shape index (κ2) is 6.05. The van der Waals surface area contributed by atoms with Crippen LogP contribution in [0.3, 0.4) is 0 Å². The zero-order valence-corrected chi connectivity index (χ0v) is 13.1. The lowest BCUT2D eigenvalue weighted by Crippen LogP contribution is -2.13. The summed E-state index contributed by atoms with van der Waals surface area (Å²) >= 11 is 5.75. The standard InChI is InChI=1S/C13H15ClFN3O2S/c1-16-7-10-6-11(8-18(10)2)21(19,20)17-13-5-9(14)3-4-12(13)15/h3-6,8,16-17H,7H2,1-2H3. The first kappa shape index (κ1) is 15.8. The van der Waals surface area contributed by atoms with Crippen molar-refractivity contribution in [3.8, 4) is 0 Å². The Hall–Kier alpha value is -1.57. The molecule has 21 heavy (non-hydrogen) atoms. The number of benzene rings is 1. The van der Waals surface area contributed by atoms with Crippen molar-refractivity contribution >= 4 is 27.3 Å². The number of hydrogen-bond donors (Lipinski definition) is 2. The van der Waals surface area contributed by atoms with Crippen LogP contribution in [0, 0.1) is 5.82 Å². The smallest absolute Gasteiger partial charge is 0.263 e. The van der Waals surface area contributed by atoms with Crippen LogP contribution >= 0.6 is 11.6 Å². The molecule has 0 unspecified atom stereocenters. The lowest BCUT2D eigenvalue weighted by molar-refractivity contribution is 0.598. The normalized spacial score (nSPS) is 11.6. The number of hydrogen-bond acceptors (Lipinski definition) is 3. The zero-order chi connectivity index (χ0) is 15.6. The molecule has 2 aromatic rings. The molecule has 1 aromatic carbocycles. The van der Waals surface area contributed by atoms with Crippen molar-refractivity contribution in [2.75, 3.05) is 11.8 Å². The van der Waals surface area contributed by atoms with Gasteiger partial charge in [-0.2, -0.15) is 0 Å². The van der Waals surface area contributed by atoms with Crippen molar-refractivity contribution in [1.82, 2.24) is 9.88 Å². The summed E-state index contributed by atoms with van der Waals surface area (Å²) in [5, 5.41) is 3.19. The second-order valence-electron chi connectivity index (χ2n) is 4.54. The maximum atomic E-state index is 13.6. The van der Waals surface area contributed by atoms with E-state index in [9.17, 15) is 12.8 Å². The van der Waals surface area contributed by atoms with E-state index in [0.717, 1.165) is 11.8 Å². The van der Waals surface area contributed by atoms with Crippen LogP contribution in [0.5, 0.6) is 0 Å². The van der Waals surface area contributed by atoms with Gasteiger partial charge in [-0.15, -0.1) is 0 Å². The summed E-state index contributed by atoms with van der Waals surface area (Å²) in [7, 11) is -0.363. The molecule has 0 saturated heterocycles. The number of nitrogens with zero attached hydrogens (tertiary/aromatic N) is 1. The summed E-state index contributed by atoms with van der Waals surface area (Å²) in [5.74, 6) is -0.686. The van der Waals surface area contributed by atoms with Crippen LogP contribution in [0.1, 0.15) is 5.69 Å². The fourth-order valence-corrected chi connectivity index (χ4v) is 3.18. The van der Waals surface area contributed by atoms with Crippen molar-refractivity contribution in [2.45, 2.75) is 11.4 Å². The van der Waals surface area contributed by atoms with Crippen molar-refractivity contribution in [3.63, 3.8) is 0 Å². The summed E-state index contributed by atoms with van der Waals surface area (Å²) < 4.78 is 42.1. The Morgan fingerprint density at radius 3 is 2.71 bits per heavy atom. The van der Waals surface area contributed by atoms with Gasteiger partial charge >= 0.3 is 0 Å². The Morgan fingerprint density at radius 1 is 1.33 bits per heavy atom. The molecule has 1 aromatic heterocycles. The van der Waals surface area contributed by atoms with Gasteiger partial charge < -0.3 is 9.88 Å². The highest BCUT2D eigenvalue weighted by Gasteiger charge is 2.19. The number of halogens is 2. The summed E-state index contributed by atoms with van der Waals surface area (Å²) in [6.07, 6.45) is 1.47. The van der Waals surface area contributed by atoms with E-state index in [4.69, 9.17) is 11.6 Å². The van der Waals surface area contributed by atoms with E-state index < -0.39 is 15.8 Å². The van der Waals surface area contributed by atoms with Crippen molar-refractivity contribution in [2.24, 2.45) is 7.05 Å². The van der Waals surface area contributed by atoms with Crippen LogP contribution in [-0.2, 0) is 23.6 Å². The van der Waals surface area contributed by atoms with Crippen molar-refractivity contribution in [3.05, 3.63) is 47.0 Å². The second-order valence-corrected chi connectivity index (χ2v) is 6.66. The van der Waals surface area contributed by atoms with Crippen LogP contribution in [0.25, 0.3) is 0 Å². The van der Waals surface area contributed by atoms with Crippen LogP contribution in [0.4, 0.5) is 10.1 Å². The minimum absolute atomic E-state index is 0.0645. The zero-order valence-electron chi connectivity index (χ0n) is 11.5. The van der Waals surface area contributed by atoms with Gasteiger partial charge in [-0.25, -0.2) is 12.8 Å². The van der Waals surface area contributed by atoms with E-state index in [1.165, 1.54) is 24.4 Å². The molecule has 0 aliphatic rings. The van der Waals surface area contributed by atoms with Crippen LogP contribution in [0.2, 0.25) is 5.02 Å². The van der Waals surface area contributed by atoms with Crippen molar-refractivity contribution < 1.29 is 12.8 Å². The first-order valence-electron chi connectivity index (χ1n) is 6.11. The molecule has 0 aliphatic carbocycles. The average molecular weight is 332 g/mol. The molecule has 0 fully saturated rings. The lowest BCUT2D eigenvalue weighted by Gasteiger charge is -2.07. The molecule has 0 amide bonds. The Balaban J connectivity index is 2.34. The van der Waals surface area contributed by atoms with Gasteiger partial charge in [-0.05, 0) is 31.3 Å². The summed E-state index contributed by atoms with van der Waals surface area (Å²) in [6.45, 7) is 0.525. The molecule has 1 heterocycles. The molecule has 0 atom stereocenters. The maximum absolute atomic E-state index is 13.6. The Bertz CT molecular complexity index is 759. The number of rotatable bonds is 5. The summed E-state index contributed by atoms with van der Waals surface area (Å²) in [4.78, 5) is 0.0645. The fraction of sp³-hybridized carbons (Fsp3) is 0.231. The van der Waals surface area contributed by atoms with Crippen LogP contribution in [0.15, 0.2) is 35.4 Å². The van der Waals surface area contributed by atoms with Crippen LogP contribution in [-0.4, -0.2) is 20.0 Å². The van der Waals surface area contributed by atoms with Gasteiger partial charge in [0.2, 0.25) is 0 Å². The van der Waals surface area contributed by atoms with Gasteiger partial charge in [0.15, 0.2) is 0 Å². The Kier molecular flexibility index (Phi) is 4.55. The highest BCUT2D eigenvalue weighted by atomic mass is 35.5. The molecule has 2 rings (SSSR count). The average Bonchev–Trinajstić information content (AvgIpc) is 2.77. The minimum atomic E-state index is -3.87. The monoisotopic (exact) mass is 331 g/mol. The molecule has 2 N–H and O–H groups in total. The molecule has 0 radical (unpaired) electrons. The van der Waals surface area contributed by atoms with E-state index in [0.29, 0.717) is 6.54 Å². The van der Waals surface area contributed by atoms with Gasteiger partial charge in [0.25, 0.3) is 10.0 Å². The highest BCUT2D eigenvalue weighted by molar-refractivity contribution is 7.92. The number of anilines is 1. The Labute approximate surface area is 127 Å². The molecular formula is C13H15ClFN3O2S. The molecule has 114 valence electrons. The number of nitrogens with one attached hydrogen (secondary N) is 2. The third-order valence-corrected chi connectivity index (χ3v) is 4.49. The predicted octanol–water partition coefficient (Wildman–Crippen LogP) is 2.34. The molecular weight excluding hydrogens is 317 g/mol. The SMILES string of the molecule is CNCc1cc(S(=O)(=O)Nc2cc(Cl)ccc2F)cn1C. The largest absolute Gasteiger partial charge is 0.352 e. The molecule has 0 bridgehead atoms. The van der Waals surface area contributed by atoms with E-state index in [1.807, 2.05) is 0 Å². The maximum Gasteiger partial charge on any atom is 0.263 e. The Morgan fingerprint density at radius 2 is 2.05 bits per heavy atom. The fourth-order valence-electron chi connectivity index (χ4n) is 1.86. The third kappa shape index (κ3) is 3.55. The number of aryl methyl sites for hydroxylation is 1. The minimum Gasteiger partial charge on any atom is -0.352 e. The quantitative estimate of drug-likeness (QED) is 0.884. The first-order chi connectivity index (χ1) is 9.83. The van der Waals surface area contributed by atoms with Gasteiger partial charge in [0.1, 0.15) is 10.7 Å². The van der Waals surface area contributed by atoms with Crippen molar-refractivity contribution in [1.29, 1.82) is 0 Å². The summed E-state index contributed by atoms with van der Waals surface area (Å²) in [6, 6.07) is 5.22. The van der Waals surface area contributed by atoms with Gasteiger partial charge in [0, 0.05) is 30.5 Å². The number of sulfonamides is 1. The third-order valence-electron chi connectivity index (χ3n) is 2.92. The van der Waals surface area contributed by atoms with Gasteiger partial charge in [-0.1, -0.05) is 11.6 Å². The van der Waals surface area contributed by atoms with E-state index in [-0.39, 0.29) is 15.6 Å². The lowest BCUT2D eigenvalue weighted by atomic mass is 10.3. The predicted molar refractivity (Wildman–Crippen MR) is 80.4 cm³/mol. The first-order valence-corrected chi connectivity index (χ1v) is 7.97. The number of aromatic nitrogens is 1. The molecule has 5 nitrogen and oxygen atoms in total. The van der Waals surface area contributed by atoms with E-state index >= 15 is 0 Å². The summed E-state index contributed by atoms with van der Waals surface area (Å²) in [5.41, 5.74) is 0.617. The highest BCUT2D eigenvalue weighted by Crippen LogP contribution is 2.23. The van der Waals surface area contributed by atoms with E-state index in [2.05, 4.69) is 10.0 Å². The molecule has 0 saturated carbocycles. The van der Waals surface area contributed by atoms with Crippen LogP contribution < -0.4 is 10.0 Å². The molecule has 8 heteroatoms. The van der Waals surface area contributed by atoms with E-state index in [1.54, 1.807) is 18.7 Å². The molecule has 0 aliphatic heterocycles. The topological polar surface area (TPSA) is 63.1 Å². The van der Waals surface area contributed by atoms with Gasteiger partial charge in [-0.3, -0.25) is 4.72 Å². The molecule has 0 spiro atoms.